The van der Waals surface area contributed by atoms with Gasteiger partial charge in [-0.3, -0.25) is 0 Å². The molecule has 7 heteroatoms. The number of carbonyl (C=O) groups is 1. The lowest BCUT2D eigenvalue weighted by molar-refractivity contribution is -0.137. The summed E-state index contributed by atoms with van der Waals surface area (Å²) >= 11 is 0. The summed E-state index contributed by atoms with van der Waals surface area (Å²) in [4.78, 5) is 13.9. The van der Waals surface area contributed by atoms with Crippen molar-refractivity contribution in [3.63, 3.8) is 0 Å². The maximum atomic E-state index is 12.8. The van der Waals surface area contributed by atoms with Gasteiger partial charge in [-0.25, -0.2) is 4.79 Å². The molecule has 1 amide bonds. The van der Waals surface area contributed by atoms with Crippen molar-refractivity contribution in [1.82, 2.24) is 4.90 Å². The maximum Gasteiger partial charge on any atom is 0.416 e. The third-order valence-electron chi connectivity index (χ3n) is 4.89. The van der Waals surface area contributed by atoms with E-state index in [1.807, 2.05) is 6.92 Å². The Balaban J connectivity index is 1.83. The molecule has 1 aliphatic carbocycles. The molecule has 27 heavy (non-hydrogen) atoms. The summed E-state index contributed by atoms with van der Waals surface area (Å²) in [6.45, 7) is 2.53. The van der Waals surface area contributed by atoms with E-state index in [2.05, 4.69) is 0 Å². The van der Waals surface area contributed by atoms with Gasteiger partial charge < -0.3 is 14.4 Å². The van der Waals surface area contributed by atoms with Gasteiger partial charge in [0.2, 0.25) is 0 Å². The van der Waals surface area contributed by atoms with Crippen molar-refractivity contribution in [3.05, 3.63) is 29.8 Å². The third kappa shape index (κ3) is 6.96. The van der Waals surface area contributed by atoms with E-state index in [9.17, 15) is 18.0 Å². The van der Waals surface area contributed by atoms with Crippen LogP contribution in [0.4, 0.5) is 18.0 Å². The van der Waals surface area contributed by atoms with Gasteiger partial charge in [0.25, 0.3) is 0 Å². The van der Waals surface area contributed by atoms with Crippen LogP contribution in [-0.4, -0.2) is 37.3 Å². The van der Waals surface area contributed by atoms with Crippen molar-refractivity contribution in [2.24, 2.45) is 5.92 Å². The standard InChI is InChI=1S/C20H28F3NO3/c1-3-17(14-26-18-11-7-10-16(12-18)20(21,22)23)27-19(25)24(2)13-15-8-5-4-6-9-15/h7,10-12,15,17H,3-6,8-9,13-14H2,1-2H3. The number of hydrogen-bond donors (Lipinski definition) is 0. The van der Waals surface area contributed by atoms with E-state index in [1.54, 1.807) is 11.9 Å². The van der Waals surface area contributed by atoms with Gasteiger partial charge in [0.15, 0.2) is 0 Å². The van der Waals surface area contributed by atoms with Crippen LogP contribution in [-0.2, 0) is 10.9 Å². The minimum atomic E-state index is -4.42. The minimum absolute atomic E-state index is 0.0147. The normalized spacial score (nSPS) is 16.6. The average molecular weight is 387 g/mol. The average Bonchev–Trinajstić information content (AvgIpc) is 2.65. The number of alkyl halides is 3. The lowest BCUT2D eigenvalue weighted by Gasteiger charge is -2.28. The van der Waals surface area contributed by atoms with Crippen LogP contribution in [0.1, 0.15) is 51.0 Å². The Hall–Kier alpha value is -1.92. The maximum absolute atomic E-state index is 12.8. The zero-order valence-corrected chi connectivity index (χ0v) is 15.9. The van der Waals surface area contributed by atoms with Gasteiger partial charge in [-0.1, -0.05) is 32.3 Å². The van der Waals surface area contributed by atoms with Gasteiger partial charge >= 0.3 is 12.3 Å². The second-order valence-corrected chi connectivity index (χ2v) is 7.14. The van der Waals surface area contributed by atoms with Crippen molar-refractivity contribution in [2.45, 2.75) is 57.7 Å². The number of halogens is 3. The van der Waals surface area contributed by atoms with Crippen LogP contribution in [0.5, 0.6) is 5.75 Å². The summed E-state index contributed by atoms with van der Waals surface area (Å²) in [5.41, 5.74) is -0.766. The molecule has 2 rings (SSSR count). The molecule has 0 heterocycles. The van der Waals surface area contributed by atoms with Crippen molar-refractivity contribution in [2.75, 3.05) is 20.2 Å². The van der Waals surface area contributed by atoms with E-state index in [0.29, 0.717) is 18.9 Å². The Morgan fingerprint density at radius 3 is 2.59 bits per heavy atom. The Bertz CT molecular complexity index is 600. The molecule has 1 saturated carbocycles. The number of benzene rings is 1. The molecule has 0 N–H and O–H groups in total. The molecule has 0 radical (unpaired) electrons. The highest BCUT2D eigenvalue weighted by molar-refractivity contribution is 5.67. The Morgan fingerprint density at radius 2 is 1.96 bits per heavy atom. The summed E-state index contributed by atoms with van der Waals surface area (Å²) in [6, 6.07) is 4.69. The molecule has 1 aromatic carbocycles. The molecule has 152 valence electrons. The molecule has 1 aromatic rings. The first kappa shape index (κ1) is 21.4. The molecular weight excluding hydrogens is 359 g/mol. The predicted molar refractivity (Wildman–Crippen MR) is 96.7 cm³/mol. The Morgan fingerprint density at radius 1 is 1.26 bits per heavy atom. The van der Waals surface area contributed by atoms with Crippen LogP contribution in [0.25, 0.3) is 0 Å². The van der Waals surface area contributed by atoms with Crippen LogP contribution in [0.2, 0.25) is 0 Å². The zero-order valence-electron chi connectivity index (χ0n) is 15.9. The smallest absolute Gasteiger partial charge is 0.416 e. The van der Waals surface area contributed by atoms with Gasteiger partial charge in [0.1, 0.15) is 18.5 Å². The summed E-state index contributed by atoms with van der Waals surface area (Å²) in [5, 5.41) is 0. The van der Waals surface area contributed by atoms with E-state index in [0.717, 1.165) is 25.0 Å². The van der Waals surface area contributed by atoms with Crippen LogP contribution in [0, 0.1) is 5.92 Å². The molecule has 0 saturated heterocycles. The highest BCUT2D eigenvalue weighted by atomic mass is 19.4. The van der Waals surface area contributed by atoms with Crippen molar-refractivity contribution in [3.8, 4) is 5.75 Å². The monoisotopic (exact) mass is 387 g/mol. The summed E-state index contributed by atoms with van der Waals surface area (Å²) < 4.78 is 49.2. The summed E-state index contributed by atoms with van der Waals surface area (Å²) in [5.74, 6) is 0.618. The minimum Gasteiger partial charge on any atom is -0.490 e. The fourth-order valence-corrected chi connectivity index (χ4v) is 3.25. The topological polar surface area (TPSA) is 38.8 Å². The highest BCUT2D eigenvalue weighted by Gasteiger charge is 2.30. The number of carbonyl (C=O) groups excluding carboxylic acids is 1. The van der Waals surface area contributed by atoms with Crippen molar-refractivity contribution >= 4 is 6.09 Å². The summed E-state index contributed by atoms with van der Waals surface area (Å²) in [7, 11) is 1.72. The van der Waals surface area contributed by atoms with Crippen LogP contribution < -0.4 is 4.74 Å². The first-order valence-electron chi connectivity index (χ1n) is 9.51. The molecular formula is C20H28F3NO3. The van der Waals surface area contributed by atoms with Gasteiger partial charge in [-0.05, 0) is 43.4 Å². The Kier molecular flexibility index (Phi) is 7.80. The molecule has 0 aliphatic heterocycles. The number of hydrogen-bond acceptors (Lipinski definition) is 3. The number of nitrogens with zero attached hydrogens (tertiary/aromatic N) is 1. The molecule has 0 aromatic heterocycles. The van der Waals surface area contributed by atoms with E-state index < -0.39 is 23.9 Å². The molecule has 1 unspecified atom stereocenters. The van der Waals surface area contributed by atoms with E-state index >= 15 is 0 Å². The van der Waals surface area contributed by atoms with E-state index in [4.69, 9.17) is 9.47 Å². The van der Waals surface area contributed by atoms with Crippen LogP contribution >= 0.6 is 0 Å². The fourth-order valence-electron chi connectivity index (χ4n) is 3.25. The quantitative estimate of drug-likeness (QED) is 0.619. The molecule has 1 fully saturated rings. The third-order valence-corrected chi connectivity index (χ3v) is 4.89. The lowest BCUT2D eigenvalue weighted by atomic mass is 9.89. The van der Waals surface area contributed by atoms with Crippen LogP contribution in [0.15, 0.2) is 24.3 Å². The Labute approximate surface area is 158 Å². The zero-order chi connectivity index (χ0) is 19.9. The van der Waals surface area contributed by atoms with E-state index in [1.165, 1.54) is 31.4 Å². The van der Waals surface area contributed by atoms with Gasteiger partial charge in [-0.2, -0.15) is 13.2 Å². The second kappa shape index (κ2) is 9.85. The number of rotatable bonds is 7. The highest BCUT2D eigenvalue weighted by Crippen LogP contribution is 2.31. The predicted octanol–water partition coefficient (Wildman–Crippen LogP) is 5.51. The van der Waals surface area contributed by atoms with Crippen molar-refractivity contribution in [1.29, 1.82) is 0 Å². The molecule has 0 spiro atoms. The number of amides is 1. The second-order valence-electron chi connectivity index (χ2n) is 7.14. The van der Waals surface area contributed by atoms with Gasteiger partial charge in [0, 0.05) is 13.6 Å². The van der Waals surface area contributed by atoms with Crippen LogP contribution in [0.3, 0.4) is 0 Å². The molecule has 1 aliphatic rings. The molecule has 0 bridgehead atoms. The lowest BCUT2D eigenvalue weighted by Crippen LogP contribution is -2.36. The van der Waals surface area contributed by atoms with Crippen molar-refractivity contribution < 1.29 is 27.4 Å². The van der Waals surface area contributed by atoms with Gasteiger partial charge in [-0.15, -0.1) is 0 Å². The van der Waals surface area contributed by atoms with Gasteiger partial charge in [0.05, 0.1) is 5.56 Å². The van der Waals surface area contributed by atoms with E-state index in [-0.39, 0.29) is 12.4 Å². The first-order chi connectivity index (χ1) is 12.8. The first-order valence-corrected chi connectivity index (χ1v) is 9.51. The molecule has 4 nitrogen and oxygen atoms in total. The largest absolute Gasteiger partial charge is 0.490 e. The molecule has 1 atom stereocenters. The number of ether oxygens (including phenoxy) is 2. The SMILES string of the molecule is CCC(COc1cccc(C(F)(F)F)c1)OC(=O)N(C)CC1CCCCC1. The summed E-state index contributed by atoms with van der Waals surface area (Å²) in [6.07, 6.45) is 1.10. The fraction of sp³-hybridized carbons (Fsp3) is 0.650.